The zero-order valence-corrected chi connectivity index (χ0v) is 11.0. The molecule has 2 N–H and O–H groups in total. The maximum Gasteiger partial charge on any atom is 0.307 e. The van der Waals surface area contributed by atoms with Gasteiger partial charge in [0.1, 0.15) is 0 Å². The van der Waals surface area contributed by atoms with E-state index in [1.54, 1.807) is 0 Å². The Hall–Kier alpha value is -1.06. The van der Waals surface area contributed by atoms with Crippen molar-refractivity contribution in [2.75, 3.05) is 0 Å². The van der Waals surface area contributed by atoms with E-state index in [0.29, 0.717) is 12.3 Å². The second-order valence-corrected chi connectivity index (χ2v) is 5.10. The van der Waals surface area contributed by atoms with Gasteiger partial charge in [0.05, 0.1) is 12.3 Å². The van der Waals surface area contributed by atoms with E-state index in [4.69, 9.17) is 10.2 Å². The van der Waals surface area contributed by atoms with Crippen molar-refractivity contribution in [2.24, 2.45) is 17.8 Å². The molecule has 0 aliphatic carbocycles. The Morgan fingerprint density at radius 1 is 1.06 bits per heavy atom. The van der Waals surface area contributed by atoms with Gasteiger partial charge < -0.3 is 10.2 Å². The highest BCUT2D eigenvalue weighted by molar-refractivity contribution is 5.77. The quantitative estimate of drug-likeness (QED) is 0.653. The molecule has 0 amide bonds. The van der Waals surface area contributed by atoms with Gasteiger partial charge in [0.15, 0.2) is 0 Å². The Bertz CT molecular complexity index is 250. The molecule has 3 unspecified atom stereocenters. The molecule has 0 saturated carbocycles. The van der Waals surface area contributed by atoms with Crippen LogP contribution in [-0.4, -0.2) is 22.2 Å². The summed E-state index contributed by atoms with van der Waals surface area (Å²) in [4.78, 5) is 21.5. The van der Waals surface area contributed by atoms with Crippen molar-refractivity contribution in [3.05, 3.63) is 0 Å². The first-order valence-corrected chi connectivity index (χ1v) is 6.31. The summed E-state index contributed by atoms with van der Waals surface area (Å²) >= 11 is 0. The Labute approximate surface area is 103 Å². The number of carbonyl (C=O) groups is 2. The van der Waals surface area contributed by atoms with Gasteiger partial charge in [-0.3, -0.25) is 9.59 Å². The lowest BCUT2D eigenvalue weighted by atomic mass is 9.86. The van der Waals surface area contributed by atoms with Crippen molar-refractivity contribution in [2.45, 2.75) is 52.9 Å². The molecular formula is C13H24O4. The molecule has 0 heterocycles. The standard InChI is InChI=1S/C13H24O4/c1-4-5-9(2)6-10(3)7-11(13(16)17)8-12(14)15/h9-11H,4-8H2,1-3H3,(H,14,15)(H,16,17). The second-order valence-electron chi connectivity index (χ2n) is 5.10. The van der Waals surface area contributed by atoms with Gasteiger partial charge in [-0.25, -0.2) is 0 Å². The molecule has 0 aliphatic rings. The van der Waals surface area contributed by atoms with E-state index in [1.807, 2.05) is 6.92 Å². The monoisotopic (exact) mass is 244 g/mol. The van der Waals surface area contributed by atoms with Gasteiger partial charge in [-0.1, -0.05) is 33.6 Å². The number of rotatable bonds is 9. The van der Waals surface area contributed by atoms with Gasteiger partial charge in [0.2, 0.25) is 0 Å². The third-order valence-electron chi connectivity index (χ3n) is 3.04. The van der Waals surface area contributed by atoms with Crippen LogP contribution < -0.4 is 0 Å². The molecule has 0 fully saturated rings. The van der Waals surface area contributed by atoms with Crippen LogP contribution in [0.15, 0.2) is 0 Å². The fourth-order valence-corrected chi connectivity index (χ4v) is 2.36. The van der Waals surface area contributed by atoms with Crippen LogP contribution in [0.25, 0.3) is 0 Å². The SMILES string of the molecule is CCCC(C)CC(C)CC(CC(=O)O)C(=O)O. The van der Waals surface area contributed by atoms with Gasteiger partial charge in [0, 0.05) is 0 Å². The van der Waals surface area contributed by atoms with Crippen LogP contribution in [0.1, 0.15) is 52.9 Å². The highest BCUT2D eigenvalue weighted by Gasteiger charge is 2.23. The molecular weight excluding hydrogens is 220 g/mol. The van der Waals surface area contributed by atoms with Crippen LogP contribution >= 0.6 is 0 Å². The molecule has 0 radical (unpaired) electrons. The molecule has 0 aliphatic heterocycles. The van der Waals surface area contributed by atoms with Gasteiger partial charge in [-0.2, -0.15) is 0 Å². The van der Waals surface area contributed by atoms with Gasteiger partial charge in [0.25, 0.3) is 0 Å². The van der Waals surface area contributed by atoms with Gasteiger partial charge >= 0.3 is 11.9 Å². The van der Waals surface area contributed by atoms with Gasteiger partial charge in [-0.05, 0) is 24.7 Å². The second kappa shape index (κ2) is 8.09. The number of carboxylic acid groups (broad SMARTS) is 2. The first-order chi connectivity index (χ1) is 7.86. The lowest BCUT2D eigenvalue weighted by Gasteiger charge is -2.19. The number of aliphatic carboxylic acids is 2. The Morgan fingerprint density at radius 2 is 1.65 bits per heavy atom. The van der Waals surface area contributed by atoms with Crippen molar-refractivity contribution in [1.82, 2.24) is 0 Å². The van der Waals surface area contributed by atoms with Crippen molar-refractivity contribution < 1.29 is 19.8 Å². The minimum absolute atomic E-state index is 0.261. The van der Waals surface area contributed by atoms with Crippen molar-refractivity contribution in [1.29, 1.82) is 0 Å². The molecule has 0 aromatic rings. The van der Waals surface area contributed by atoms with Crippen LogP contribution in [0.4, 0.5) is 0 Å². The van der Waals surface area contributed by atoms with Crippen molar-refractivity contribution >= 4 is 11.9 Å². The van der Waals surface area contributed by atoms with E-state index in [-0.39, 0.29) is 12.3 Å². The molecule has 0 aromatic heterocycles. The molecule has 0 saturated heterocycles. The highest BCUT2D eigenvalue weighted by atomic mass is 16.4. The summed E-state index contributed by atoms with van der Waals surface area (Å²) in [6.45, 7) is 6.29. The average molecular weight is 244 g/mol. The molecule has 0 bridgehead atoms. The molecule has 4 nitrogen and oxygen atoms in total. The van der Waals surface area contributed by atoms with E-state index in [1.165, 1.54) is 0 Å². The highest BCUT2D eigenvalue weighted by Crippen LogP contribution is 2.24. The maximum absolute atomic E-state index is 10.9. The molecule has 0 aromatic carbocycles. The third-order valence-corrected chi connectivity index (χ3v) is 3.04. The summed E-state index contributed by atoms with van der Waals surface area (Å²) in [5, 5.41) is 17.6. The van der Waals surface area contributed by atoms with Crippen molar-refractivity contribution in [3.8, 4) is 0 Å². The lowest BCUT2D eigenvalue weighted by molar-refractivity contribution is -0.148. The molecule has 100 valence electrons. The fourth-order valence-electron chi connectivity index (χ4n) is 2.36. The lowest BCUT2D eigenvalue weighted by Crippen LogP contribution is -2.21. The molecule has 0 spiro atoms. The van der Waals surface area contributed by atoms with E-state index in [0.717, 1.165) is 19.3 Å². The number of hydrogen-bond acceptors (Lipinski definition) is 2. The summed E-state index contributed by atoms with van der Waals surface area (Å²) in [6, 6.07) is 0. The zero-order chi connectivity index (χ0) is 13.4. The van der Waals surface area contributed by atoms with Crippen LogP contribution in [0.3, 0.4) is 0 Å². The summed E-state index contributed by atoms with van der Waals surface area (Å²) < 4.78 is 0. The zero-order valence-electron chi connectivity index (χ0n) is 11.0. The predicted octanol–water partition coefficient (Wildman–Crippen LogP) is 3.01. The first kappa shape index (κ1) is 15.9. The minimum Gasteiger partial charge on any atom is -0.481 e. The largest absolute Gasteiger partial charge is 0.481 e. The van der Waals surface area contributed by atoms with Crippen LogP contribution in [0.2, 0.25) is 0 Å². The van der Waals surface area contributed by atoms with Crippen molar-refractivity contribution in [3.63, 3.8) is 0 Å². The van der Waals surface area contributed by atoms with Crippen LogP contribution in [-0.2, 0) is 9.59 Å². The number of hydrogen-bond donors (Lipinski definition) is 2. The van der Waals surface area contributed by atoms with Crippen LogP contribution in [0, 0.1) is 17.8 Å². The summed E-state index contributed by atoms with van der Waals surface area (Å²) in [5.74, 6) is -1.95. The smallest absolute Gasteiger partial charge is 0.307 e. The summed E-state index contributed by atoms with van der Waals surface area (Å²) in [7, 11) is 0. The summed E-state index contributed by atoms with van der Waals surface area (Å²) in [5.41, 5.74) is 0. The number of carboxylic acids is 2. The topological polar surface area (TPSA) is 74.6 Å². The average Bonchev–Trinajstić information content (AvgIpc) is 2.15. The molecule has 3 atom stereocenters. The molecule has 4 heteroatoms. The van der Waals surface area contributed by atoms with E-state index in [9.17, 15) is 9.59 Å². The Balaban J connectivity index is 4.16. The summed E-state index contributed by atoms with van der Waals surface area (Å²) in [6.07, 6.45) is 3.42. The predicted molar refractivity (Wildman–Crippen MR) is 65.8 cm³/mol. The van der Waals surface area contributed by atoms with Crippen LogP contribution in [0.5, 0.6) is 0 Å². The van der Waals surface area contributed by atoms with E-state index >= 15 is 0 Å². The molecule has 0 rings (SSSR count). The van der Waals surface area contributed by atoms with E-state index < -0.39 is 17.9 Å². The Morgan fingerprint density at radius 3 is 2.06 bits per heavy atom. The normalized spacial score (nSPS) is 16.2. The maximum atomic E-state index is 10.9. The molecule has 17 heavy (non-hydrogen) atoms. The minimum atomic E-state index is -1.04. The van der Waals surface area contributed by atoms with E-state index in [2.05, 4.69) is 13.8 Å². The van der Waals surface area contributed by atoms with Gasteiger partial charge in [-0.15, -0.1) is 0 Å². The Kier molecular flexibility index (Phi) is 7.59. The fraction of sp³-hybridized carbons (Fsp3) is 0.846. The third kappa shape index (κ3) is 7.77. The first-order valence-electron chi connectivity index (χ1n) is 6.31.